The van der Waals surface area contributed by atoms with Gasteiger partial charge in [-0.2, -0.15) is 0 Å². The Hall–Kier alpha value is -1.31. The second-order valence-electron chi connectivity index (χ2n) is 4.68. The zero-order valence-electron chi connectivity index (χ0n) is 11.4. The molecule has 114 valence electrons. The molecule has 6 nitrogen and oxygen atoms in total. The summed E-state index contributed by atoms with van der Waals surface area (Å²) in [4.78, 5) is 22.0. The van der Waals surface area contributed by atoms with Crippen molar-refractivity contribution in [2.75, 3.05) is 17.7 Å². The number of ether oxygens (including phenoxy) is 1. The first-order chi connectivity index (χ1) is 9.97. The smallest absolute Gasteiger partial charge is 0.271 e. The molecule has 0 unspecified atom stereocenters. The molecule has 0 aromatic heterocycles. The minimum Gasteiger partial charge on any atom is -0.377 e. The molecular formula is C13H15ClN2O4S. The van der Waals surface area contributed by atoms with Crippen LogP contribution >= 0.6 is 23.4 Å². The highest BCUT2D eigenvalue weighted by Gasteiger charge is 2.25. The van der Waals surface area contributed by atoms with E-state index in [0.717, 1.165) is 13.0 Å². The first kappa shape index (κ1) is 16.1. The maximum absolute atomic E-state index is 11.9. The molecule has 1 aromatic carbocycles. The van der Waals surface area contributed by atoms with Crippen LogP contribution in [-0.4, -0.2) is 34.5 Å². The summed E-state index contributed by atoms with van der Waals surface area (Å²) in [6.07, 6.45) is 1.10. The molecule has 8 heteroatoms. The lowest BCUT2D eigenvalue weighted by atomic mass is 10.3. The molecule has 1 aliphatic heterocycles. The van der Waals surface area contributed by atoms with Gasteiger partial charge in [-0.05, 0) is 19.4 Å². The zero-order valence-corrected chi connectivity index (χ0v) is 12.9. The molecular weight excluding hydrogens is 316 g/mol. The summed E-state index contributed by atoms with van der Waals surface area (Å²) in [5.41, 5.74) is 0.271. The number of benzene rings is 1. The highest BCUT2D eigenvalue weighted by Crippen LogP contribution is 2.28. The second-order valence-corrected chi connectivity index (χ2v) is 6.32. The average molecular weight is 331 g/mol. The summed E-state index contributed by atoms with van der Waals surface area (Å²) in [6, 6.07) is 3.96. The number of carbonyl (C=O) groups excluding carboxylic acids is 1. The molecule has 1 amide bonds. The van der Waals surface area contributed by atoms with Crippen molar-refractivity contribution in [1.82, 2.24) is 0 Å². The van der Waals surface area contributed by atoms with Gasteiger partial charge < -0.3 is 10.1 Å². The van der Waals surface area contributed by atoms with Gasteiger partial charge in [0.05, 0.1) is 27.5 Å². The van der Waals surface area contributed by atoms with Crippen molar-refractivity contribution in [2.45, 2.75) is 24.7 Å². The summed E-state index contributed by atoms with van der Waals surface area (Å²) >= 11 is 7.47. The number of hydrogen-bond acceptors (Lipinski definition) is 5. The number of carbonyl (C=O) groups is 1. The maximum Gasteiger partial charge on any atom is 0.271 e. The third kappa shape index (κ3) is 4.33. The zero-order chi connectivity index (χ0) is 15.4. The Labute approximate surface area is 131 Å². The molecule has 0 radical (unpaired) electrons. The molecule has 0 bridgehead atoms. The van der Waals surface area contributed by atoms with Crippen LogP contribution in [0.3, 0.4) is 0 Å². The summed E-state index contributed by atoms with van der Waals surface area (Å²) in [6.45, 7) is 2.73. The van der Waals surface area contributed by atoms with Gasteiger partial charge in [0.15, 0.2) is 0 Å². The van der Waals surface area contributed by atoms with E-state index in [1.807, 2.05) is 6.92 Å². The van der Waals surface area contributed by atoms with E-state index in [9.17, 15) is 14.9 Å². The molecule has 0 saturated carbocycles. The SMILES string of the molecule is C[C@H]1OCC[C@H]1SCC(=O)Nc1ccc([N+](=O)[O-])cc1Cl. The number of amides is 1. The van der Waals surface area contributed by atoms with E-state index < -0.39 is 4.92 Å². The molecule has 1 aliphatic rings. The van der Waals surface area contributed by atoms with Gasteiger partial charge in [-0.15, -0.1) is 11.8 Å². The lowest BCUT2D eigenvalue weighted by Gasteiger charge is -2.13. The third-order valence-electron chi connectivity index (χ3n) is 3.17. The summed E-state index contributed by atoms with van der Waals surface area (Å²) < 4.78 is 5.43. The van der Waals surface area contributed by atoms with Crippen molar-refractivity contribution in [3.05, 3.63) is 33.3 Å². The van der Waals surface area contributed by atoms with Gasteiger partial charge in [-0.25, -0.2) is 0 Å². The first-order valence-corrected chi connectivity index (χ1v) is 7.87. The van der Waals surface area contributed by atoms with Crippen molar-refractivity contribution >= 4 is 40.6 Å². The predicted molar refractivity (Wildman–Crippen MR) is 83.0 cm³/mol. The number of nitrogens with zero attached hydrogens (tertiary/aromatic N) is 1. The van der Waals surface area contributed by atoms with E-state index in [1.54, 1.807) is 11.8 Å². The molecule has 1 N–H and O–H groups in total. The van der Waals surface area contributed by atoms with Crippen molar-refractivity contribution in [3.63, 3.8) is 0 Å². The third-order valence-corrected chi connectivity index (χ3v) is 4.96. The van der Waals surface area contributed by atoms with E-state index >= 15 is 0 Å². The number of nitro groups is 1. The number of nitro benzene ring substituents is 1. The summed E-state index contributed by atoms with van der Waals surface area (Å²) in [5.74, 6) is 0.112. The van der Waals surface area contributed by atoms with Crippen LogP contribution in [0.4, 0.5) is 11.4 Å². The normalized spacial score (nSPS) is 21.2. The average Bonchev–Trinajstić information content (AvgIpc) is 2.84. The number of nitrogens with one attached hydrogen (secondary N) is 1. The van der Waals surface area contributed by atoms with Gasteiger partial charge in [0.25, 0.3) is 5.69 Å². The Morgan fingerprint density at radius 1 is 1.62 bits per heavy atom. The fraction of sp³-hybridized carbons (Fsp3) is 0.462. The molecule has 1 aromatic rings. The van der Waals surface area contributed by atoms with Gasteiger partial charge in [0.2, 0.25) is 5.91 Å². The van der Waals surface area contributed by atoms with Crippen LogP contribution in [0, 0.1) is 10.1 Å². The molecule has 0 spiro atoms. The molecule has 1 saturated heterocycles. The topological polar surface area (TPSA) is 81.5 Å². The van der Waals surface area contributed by atoms with Gasteiger partial charge in [0.1, 0.15) is 0 Å². The standard InChI is InChI=1S/C13H15ClN2O4S/c1-8-12(4-5-20-8)21-7-13(17)15-11-3-2-9(16(18)19)6-10(11)14/h2-3,6,8,12H,4-5,7H2,1H3,(H,15,17)/t8-,12-/m1/s1. The maximum atomic E-state index is 11.9. The lowest BCUT2D eigenvalue weighted by Crippen LogP contribution is -2.20. The van der Waals surface area contributed by atoms with Crippen molar-refractivity contribution in [1.29, 1.82) is 0 Å². The highest BCUT2D eigenvalue weighted by molar-refractivity contribution is 8.00. The summed E-state index contributed by atoms with van der Waals surface area (Å²) in [5, 5.41) is 13.7. The number of hydrogen-bond donors (Lipinski definition) is 1. The quantitative estimate of drug-likeness (QED) is 0.662. The lowest BCUT2D eigenvalue weighted by molar-refractivity contribution is -0.384. The molecule has 0 aliphatic carbocycles. The number of halogens is 1. The Morgan fingerprint density at radius 2 is 2.38 bits per heavy atom. The first-order valence-electron chi connectivity index (χ1n) is 6.44. The molecule has 1 fully saturated rings. The van der Waals surface area contributed by atoms with Crippen molar-refractivity contribution in [3.8, 4) is 0 Å². The Balaban J connectivity index is 1.89. The van der Waals surface area contributed by atoms with Crippen molar-refractivity contribution < 1.29 is 14.5 Å². The number of anilines is 1. The predicted octanol–water partition coefficient (Wildman–Crippen LogP) is 3.10. The largest absolute Gasteiger partial charge is 0.377 e. The molecule has 21 heavy (non-hydrogen) atoms. The molecule has 2 rings (SSSR count). The number of non-ortho nitro benzene ring substituents is 1. The van der Waals surface area contributed by atoms with Crippen LogP contribution < -0.4 is 5.32 Å². The van der Waals surface area contributed by atoms with Crippen LogP contribution in [0.2, 0.25) is 5.02 Å². The highest BCUT2D eigenvalue weighted by atomic mass is 35.5. The second kappa shape index (κ2) is 7.11. The molecule has 2 atom stereocenters. The fourth-order valence-electron chi connectivity index (χ4n) is 2.02. The Morgan fingerprint density at radius 3 is 2.95 bits per heavy atom. The van der Waals surface area contributed by atoms with E-state index in [-0.39, 0.29) is 22.7 Å². The van der Waals surface area contributed by atoms with E-state index in [0.29, 0.717) is 16.7 Å². The van der Waals surface area contributed by atoms with Gasteiger partial charge in [0, 0.05) is 24.0 Å². The Bertz CT molecular complexity index is 555. The van der Waals surface area contributed by atoms with E-state index in [2.05, 4.69) is 5.32 Å². The van der Waals surface area contributed by atoms with Crippen LogP contribution in [0.5, 0.6) is 0 Å². The van der Waals surface area contributed by atoms with Crippen LogP contribution in [0.15, 0.2) is 18.2 Å². The summed E-state index contributed by atoms with van der Waals surface area (Å²) in [7, 11) is 0. The fourth-order valence-corrected chi connectivity index (χ4v) is 3.29. The Kier molecular flexibility index (Phi) is 5.44. The minimum atomic E-state index is -0.533. The monoisotopic (exact) mass is 330 g/mol. The van der Waals surface area contributed by atoms with Crippen LogP contribution in [0.25, 0.3) is 0 Å². The van der Waals surface area contributed by atoms with E-state index in [4.69, 9.17) is 16.3 Å². The van der Waals surface area contributed by atoms with Crippen molar-refractivity contribution in [2.24, 2.45) is 0 Å². The number of rotatable bonds is 5. The molecule has 1 heterocycles. The van der Waals surface area contributed by atoms with Crippen LogP contribution in [0.1, 0.15) is 13.3 Å². The van der Waals surface area contributed by atoms with Gasteiger partial charge in [-0.1, -0.05) is 11.6 Å². The van der Waals surface area contributed by atoms with Crippen LogP contribution in [-0.2, 0) is 9.53 Å². The minimum absolute atomic E-state index is 0.107. The van der Waals surface area contributed by atoms with Gasteiger partial charge in [-0.3, -0.25) is 14.9 Å². The van der Waals surface area contributed by atoms with E-state index in [1.165, 1.54) is 18.2 Å². The van der Waals surface area contributed by atoms with Gasteiger partial charge >= 0.3 is 0 Å². The number of thioether (sulfide) groups is 1.